The van der Waals surface area contributed by atoms with Crippen LogP contribution in [0.2, 0.25) is 0 Å². The largest absolute Gasteiger partial charge is 0.508 e. The van der Waals surface area contributed by atoms with E-state index in [1.165, 1.54) is 24.3 Å². The zero-order valence-electron chi connectivity index (χ0n) is 12.1. The third-order valence-electron chi connectivity index (χ3n) is 3.37. The van der Waals surface area contributed by atoms with Crippen LogP contribution in [0, 0.1) is 0 Å². The normalized spacial score (nSPS) is 11.0. The fraction of sp³-hybridized carbons (Fsp3) is 0. The van der Waals surface area contributed by atoms with Gasteiger partial charge < -0.3 is 10.2 Å². The van der Waals surface area contributed by atoms with Gasteiger partial charge in [0.1, 0.15) is 11.5 Å². The molecule has 23 heavy (non-hydrogen) atoms. The molecule has 1 aromatic heterocycles. The van der Waals surface area contributed by atoms with Gasteiger partial charge in [0.25, 0.3) is 0 Å². The molecule has 4 heteroatoms. The number of rotatable bonds is 4. The lowest BCUT2D eigenvalue weighted by atomic mass is 10.1. The van der Waals surface area contributed by atoms with Crippen molar-refractivity contribution in [1.82, 2.24) is 0 Å². The molecule has 3 aromatic rings. The van der Waals surface area contributed by atoms with Gasteiger partial charge >= 0.3 is 0 Å². The Morgan fingerprint density at radius 3 is 2.65 bits per heavy atom. The van der Waals surface area contributed by atoms with Crippen molar-refractivity contribution in [3.63, 3.8) is 0 Å². The van der Waals surface area contributed by atoms with Gasteiger partial charge in [-0.1, -0.05) is 30.3 Å². The van der Waals surface area contributed by atoms with Crippen LogP contribution in [0.1, 0.15) is 15.9 Å². The number of hydrogen-bond acceptors (Lipinski definition) is 4. The van der Waals surface area contributed by atoms with Crippen molar-refractivity contribution in [1.29, 1.82) is 0 Å². The van der Waals surface area contributed by atoms with E-state index in [2.05, 4.69) is 0 Å². The van der Waals surface area contributed by atoms with Crippen molar-refractivity contribution in [3.8, 4) is 21.9 Å². The van der Waals surface area contributed by atoms with E-state index in [4.69, 9.17) is 0 Å². The Kier molecular flexibility index (Phi) is 4.26. The molecule has 0 saturated heterocycles. The van der Waals surface area contributed by atoms with Crippen LogP contribution in [0.25, 0.3) is 16.5 Å². The van der Waals surface area contributed by atoms with E-state index in [-0.39, 0.29) is 22.8 Å². The maximum Gasteiger partial charge on any atom is 0.189 e. The number of thiophene rings is 1. The molecule has 0 fully saturated rings. The molecule has 0 amide bonds. The van der Waals surface area contributed by atoms with Crippen LogP contribution in [-0.2, 0) is 0 Å². The van der Waals surface area contributed by atoms with Crippen molar-refractivity contribution in [2.45, 2.75) is 0 Å². The zero-order chi connectivity index (χ0) is 16.2. The van der Waals surface area contributed by atoms with Crippen LogP contribution < -0.4 is 0 Å². The molecule has 0 aliphatic heterocycles. The van der Waals surface area contributed by atoms with E-state index in [0.29, 0.717) is 0 Å². The summed E-state index contributed by atoms with van der Waals surface area (Å²) in [5, 5.41) is 21.2. The molecule has 1 heterocycles. The summed E-state index contributed by atoms with van der Waals surface area (Å²) in [6.07, 6.45) is 3.09. The van der Waals surface area contributed by atoms with Gasteiger partial charge in [0.05, 0.1) is 5.56 Å². The predicted octanol–water partition coefficient (Wildman–Crippen LogP) is 4.72. The summed E-state index contributed by atoms with van der Waals surface area (Å²) in [5.41, 5.74) is 2.06. The number of hydrogen-bond donors (Lipinski definition) is 2. The topological polar surface area (TPSA) is 57.5 Å². The first-order valence-corrected chi connectivity index (χ1v) is 7.90. The smallest absolute Gasteiger partial charge is 0.189 e. The molecule has 0 radical (unpaired) electrons. The second-order valence-electron chi connectivity index (χ2n) is 5.00. The number of carbonyl (C=O) groups excluding carboxylic acids is 1. The Morgan fingerprint density at radius 1 is 1.00 bits per heavy atom. The van der Waals surface area contributed by atoms with Gasteiger partial charge in [-0.2, -0.15) is 0 Å². The standard InChI is InChI=1S/C19H14O3S/c20-15-7-9-18(22)16(12-15)17(21)8-6-13-3-1-4-14(11-13)19-5-2-10-23-19/h1-12,20,22H. The first-order valence-electron chi connectivity index (χ1n) is 7.02. The van der Waals surface area contributed by atoms with Gasteiger partial charge in [-0.15, -0.1) is 11.3 Å². The monoisotopic (exact) mass is 322 g/mol. The van der Waals surface area contributed by atoms with E-state index >= 15 is 0 Å². The van der Waals surface area contributed by atoms with E-state index in [0.717, 1.165) is 16.0 Å². The average molecular weight is 322 g/mol. The van der Waals surface area contributed by atoms with E-state index in [1.54, 1.807) is 17.4 Å². The van der Waals surface area contributed by atoms with Gasteiger partial charge in [-0.25, -0.2) is 0 Å². The van der Waals surface area contributed by atoms with Gasteiger partial charge in [0.2, 0.25) is 0 Å². The maximum absolute atomic E-state index is 12.1. The molecule has 2 aromatic carbocycles. The molecule has 0 saturated carbocycles. The SMILES string of the molecule is O=C(C=Cc1cccc(-c2cccs2)c1)c1cc(O)ccc1O. The lowest BCUT2D eigenvalue weighted by molar-refractivity contribution is 0.104. The molecule has 3 rings (SSSR count). The van der Waals surface area contributed by atoms with Crippen LogP contribution in [0.15, 0.2) is 66.1 Å². The average Bonchev–Trinajstić information content (AvgIpc) is 3.10. The first-order chi connectivity index (χ1) is 11.1. The minimum Gasteiger partial charge on any atom is -0.508 e. The van der Waals surface area contributed by atoms with Crippen molar-refractivity contribution in [2.24, 2.45) is 0 Å². The highest BCUT2D eigenvalue weighted by atomic mass is 32.1. The summed E-state index contributed by atoms with van der Waals surface area (Å²) in [4.78, 5) is 13.3. The summed E-state index contributed by atoms with van der Waals surface area (Å²) in [6, 6.07) is 15.8. The lowest BCUT2D eigenvalue weighted by Crippen LogP contribution is -1.94. The summed E-state index contributed by atoms with van der Waals surface area (Å²) >= 11 is 1.66. The van der Waals surface area contributed by atoms with Crippen molar-refractivity contribution >= 4 is 23.2 Å². The number of phenolic OH excluding ortho intramolecular Hbond substituents is 2. The minimum absolute atomic E-state index is 0.0563. The third kappa shape index (κ3) is 3.49. The maximum atomic E-state index is 12.1. The quantitative estimate of drug-likeness (QED) is 0.415. The van der Waals surface area contributed by atoms with Crippen LogP contribution in [0.4, 0.5) is 0 Å². The highest BCUT2D eigenvalue weighted by Gasteiger charge is 2.09. The number of phenols is 2. The Hall–Kier alpha value is -2.85. The number of ketones is 1. The van der Waals surface area contributed by atoms with E-state index in [9.17, 15) is 15.0 Å². The molecule has 2 N–H and O–H groups in total. The van der Waals surface area contributed by atoms with E-state index in [1.807, 2.05) is 41.8 Å². The Bertz CT molecular complexity index is 864. The number of aromatic hydroxyl groups is 2. The highest BCUT2D eigenvalue weighted by molar-refractivity contribution is 7.13. The molecule has 0 bridgehead atoms. The van der Waals surface area contributed by atoms with Crippen LogP contribution in [0.3, 0.4) is 0 Å². The number of benzene rings is 2. The molecule has 0 aliphatic rings. The Labute approximate surface area is 137 Å². The lowest BCUT2D eigenvalue weighted by Gasteiger charge is -2.02. The molecule has 3 nitrogen and oxygen atoms in total. The molecular weight excluding hydrogens is 308 g/mol. The van der Waals surface area contributed by atoms with Crippen molar-refractivity contribution in [3.05, 3.63) is 77.2 Å². The molecular formula is C19H14O3S. The third-order valence-corrected chi connectivity index (χ3v) is 4.28. The molecule has 0 spiro atoms. The molecule has 0 unspecified atom stereocenters. The molecule has 0 atom stereocenters. The van der Waals surface area contributed by atoms with Crippen LogP contribution in [0.5, 0.6) is 11.5 Å². The van der Waals surface area contributed by atoms with E-state index < -0.39 is 0 Å². The minimum atomic E-state index is -0.361. The summed E-state index contributed by atoms with van der Waals surface area (Å²) < 4.78 is 0. The number of allylic oxidation sites excluding steroid dienone is 1. The summed E-state index contributed by atoms with van der Waals surface area (Å²) in [5.74, 6) is -0.566. The van der Waals surface area contributed by atoms with Gasteiger partial charge in [0.15, 0.2) is 5.78 Å². The molecule has 0 aliphatic carbocycles. The van der Waals surface area contributed by atoms with Gasteiger partial charge in [-0.05, 0) is 52.9 Å². The zero-order valence-corrected chi connectivity index (χ0v) is 13.0. The van der Waals surface area contributed by atoms with Gasteiger partial charge in [-0.3, -0.25) is 4.79 Å². The fourth-order valence-electron chi connectivity index (χ4n) is 2.22. The second-order valence-corrected chi connectivity index (χ2v) is 5.95. The summed E-state index contributed by atoms with van der Waals surface area (Å²) in [7, 11) is 0. The first kappa shape index (κ1) is 15.1. The van der Waals surface area contributed by atoms with Crippen LogP contribution >= 0.6 is 11.3 Å². The predicted molar refractivity (Wildman–Crippen MR) is 92.9 cm³/mol. The van der Waals surface area contributed by atoms with Crippen molar-refractivity contribution < 1.29 is 15.0 Å². The number of carbonyl (C=O) groups is 1. The Balaban J connectivity index is 1.84. The Morgan fingerprint density at radius 2 is 1.87 bits per heavy atom. The highest BCUT2D eigenvalue weighted by Crippen LogP contribution is 2.26. The summed E-state index contributed by atoms with van der Waals surface area (Å²) in [6.45, 7) is 0. The van der Waals surface area contributed by atoms with Gasteiger partial charge in [0, 0.05) is 4.88 Å². The van der Waals surface area contributed by atoms with Crippen molar-refractivity contribution in [2.75, 3.05) is 0 Å². The fourth-order valence-corrected chi connectivity index (χ4v) is 2.95. The van der Waals surface area contributed by atoms with Crippen LogP contribution in [-0.4, -0.2) is 16.0 Å². The second kappa shape index (κ2) is 6.50. The molecule has 114 valence electrons.